The number of piperidine rings is 1. The zero-order chi connectivity index (χ0) is 11.4. The number of aromatic nitrogens is 1. The molecule has 2 heterocycles. The van der Waals surface area contributed by atoms with Gasteiger partial charge in [0, 0.05) is 29.9 Å². The Kier molecular flexibility index (Phi) is 3.79. The molecule has 1 aromatic heterocycles. The van der Waals surface area contributed by atoms with Crippen LogP contribution in [0.15, 0.2) is 24.5 Å². The summed E-state index contributed by atoms with van der Waals surface area (Å²) >= 11 is 1.75. The maximum absolute atomic E-state index is 11.0. The van der Waals surface area contributed by atoms with Gasteiger partial charge in [0.15, 0.2) is 0 Å². The van der Waals surface area contributed by atoms with Crippen molar-refractivity contribution in [2.45, 2.75) is 23.5 Å². The summed E-state index contributed by atoms with van der Waals surface area (Å²) in [6, 6.07) is 3.95. The third kappa shape index (κ3) is 2.96. The van der Waals surface area contributed by atoms with Gasteiger partial charge in [-0.2, -0.15) is 11.8 Å². The van der Waals surface area contributed by atoms with E-state index in [0.717, 1.165) is 5.75 Å². The van der Waals surface area contributed by atoms with Crippen molar-refractivity contribution in [2.75, 3.05) is 6.54 Å². The van der Waals surface area contributed by atoms with Crippen LogP contribution in [0, 0.1) is 0 Å². The van der Waals surface area contributed by atoms with E-state index in [2.05, 4.69) is 10.3 Å². The maximum Gasteiger partial charge on any atom is 0.248 e. The number of carbonyl (C=O) groups excluding carboxylic acids is 1. The number of hydrogen-bond acceptors (Lipinski definition) is 4. The number of hydrogen-bond donors (Lipinski definition) is 2. The van der Waals surface area contributed by atoms with E-state index in [1.54, 1.807) is 24.2 Å². The second kappa shape index (κ2) is 5.32. The summed E-state index contributed by atoms with van der Waals surface area (Å²) in [5.41, 5.74) is 1.21. The van der Waals surface area contributed by atoms with Crippen LogP contribution in [0.1, 0.15) is 12.0 Å². The van der Waals surface area contributed by atoms with E-state index in [-0.39, 0.29) is 5.91 Å². The Morgan fingerprint density at radius 1 is 1.50 bits per heavy atom. The van der Waals surface area contributed by atoms with Gasteiger partial charge in [0.1, 0.15) is 6.10 Å². The molecule has 1 aliphatic rings. The number of carbonyl (C=O) groups is 1. The highest BCUT2D eigenvalue weighted by atomic mass is 32.2. The molecule has 1 saturated heterocycles. The van der Waals surface area contributed by atoms with Crippen molar-refractivity contribution in [3.63, 3.8) is 0 Å². The summed E-state index contributed by atoms with van der Waals surface area (Å²) in [4.78, 5) is 15.0. The number of pyridine rings is 1. The quantitative estimate of drug-likeness (QED) is 0.808. The zero-order valence-electron chi connectivity index (χ0n) is 8.80. The molecule has 2 atom stereocenters. The molecule has 1 aromatic rings. The predicted molar refractivity (Wildman–Crippen MR) is 63.0 cm³/mol. The maximum atomic E-state index is 11.0. The van der Waals surface area contributed by atoms with Crippen molar-refractivity contribution in [2.24, 2.45) is 0 Å². The van der Waals surface area contributed by atoms with E-state index < -0.39 is 6.10 Å². The Morgan fingerprint density at radius 3 is 2.94 bits per heavy atom. The first-order valence-corrected chi connectivity index (χ1v) is 6.27. The Hall–Kier alpha value is -1.07. The molecule has 0 radical (unpaired) electrons. The molecule has 0 aliphatic carbocycles. The van der Waals surface area contributed by atoms with Crippen LogP contribution >= 0.6 is 11.8 Å². The van der Waals surface area contributed by atoms with Gasteiger partial charge in [0.05, 0.1) is 0 Å². The number of aliphatic hydroxyl groups excluding tert-OH is 1. The van der Waals surface area contributed by atoms with Gasteiger partial charge in [-0.05, 0) is 24.1 Å². The van der Waals surface area contributed by atoms with Crippen LogP contribution < -0.4 is 5.32 Å². The summed E-state index contributed by atoms with van der Waals surface area (Å²) in [5, 5.41) is 12.4. The second-order valence-corrected chi connectivity index (χ2v) is 5.07. The molecule has 4 nitrogen and oxygen atoms in total. The molecule has 2 N–H and O–H groups in total. The van der Waals surface area contributed by atoms with Crippen LogP contribution in [0.2, 0.25) is 0 Å². The van der Waals surface area contributed by atoms with Crippen molar-refractivity contribution in [1.82, 2.24) is 10.3 Å². The highest BCUT2D eigenvalue weighted by molar-refractivity contribution is 7.99. The van der Waals surface area contributed by atoms with Gasteiger partial charge in [0.25, 0.3) is 0 Å². The third-order valence-corrected chi connectivity index (χ3v) is 3.86. The lowest BCUT2D eigenvalue weighted by molar-refractivity contribution is -0.131. The molecule has 2 rings (SSSR count). The average molecular weight is 238 g/mol. The van der Waals surface area contributed by atoms with Gasteiger partial charge in [0.2, 0.25) is 5.91 Å². The van der Waals surface area contributed by atoms with Gasteiger partial charge in [-0.1, -0.05) is 0 Å². The van der Waals surface area contributed by atoms with Crippen LogP contribution in [0.25, 0.3) is 0 Å². The average Bonchev–Trinajstić information content (AvgIpc) is 2.32. The van der Waals surface area contributed by atoms with Crippen LogP contribution in [0.5, 0.6) is 0 Å². The second-order valence-electron chi connectivity index (χ2n) is 3.79. The van der Waals surface area contributed by atoms with Crippen molar-refractivity contribution in [1.29, 1.82) is 0 Å². The van der Waals surface area contributed by atoms with Crippen LogP contribution in [0.4, 0.5) is 0 Å². The smallest absolute Gasteiger partial charge is 0.248 e. The largest absolute Gasteiger partial charge is 0.383 e. The molecule has 0 spiro atoms. The van der Waals surface area contributed by atoms with E-state index in [1.165, 1.54) is 5.56 Å². The molecule has 0 bridgehead atoms. The first kappa shape index (κ1) is 11.4. The molecular weight excluding hydrogens is 224 g/mol. The number of thioether (sulfide) groups is 1. The highest BCUT2D eigenvalue weighted by Crippen LogP contribution is 2.22. The molecule has 1 aliphatic heterocycles. The fraction of sp³-hybridized carbons (Fsp3) is 0.455. The molecule has 0 saturated carbocycles. The van der Waals surface area contributed by atoms with E-state index in [1.807, 2.05) is 12.1 Å². The standard InChI is InChI=1S/C11H14N2O2S/c14-10-5-9(6-13-11(10)15)16-7-8-1-3-12-4-2-8/h1-4,9-10,14H,5-7H2,(H,13,15). The molecule has 5 heteroatoms. The van der Waals surface area contributed by atoms with Crippen LogP contribution in [0.3, 0.4) is 0 Å². The Labute approximate surface area is 98.5 Å². The third-order valence-electron chi connectivity index (χ3n) is 2.53. The topological polar surface area (TPSA) is 62.2 Å². The van der Waals surface area contributed by atoms with E-state index >= 15 is 0 Å². The SMILES string of the molecule is O=C1NCC(SCc2ccncc2)CC1O. The zero-order valence-corrected chi connectivity index (χ0v) is 9.61. The first-order valence-electron chi connectivity index (χ1n) is 5.22. The minimum Gasteiger partial charge on any atom is -0.383 e. The highest BCUT2D eigenvalue weighted by Gasteiger charge is 2.26. The molecule has 2 unspecified atom stereocenters. The molecular formula is C11H14N2O2S. The van der Waals surface area contributed by atoms with Crippen LogP contribution in [-0.2, 0) is 10.5 Å². The van der Waals surface area contributed by atoms with Crippen molar-refractivity contribution < 1.29 is 9.90 Å². The number of nitrogens with zero attached hydrogens (tertiary/aromatic N) is 1. The monoisotopic (exact) mass is 238 g/mol. The summed E-state index contributed by atoms with van der Waals surface area (Å²) in [6.07, 6.45) is 3.24. The van der Waals surface area contributed by atoms with Gasteiger partial charge >= 0.3 is 0 Å². The Balaban J connectivity index is 1.81. The number of rotatable bonds is 3. The lowest BCUT2D eigenvalue weighted by atomic mass is 10.1. The predicted octanol–water partition coefficient (Wildman–Crippen LogP) is 0.564. The summed E-state index contributed by atoms with van der Waals surface area (Å²) in [6.45, 7) is 0.644. The van der Waals surface area contributed by atoms with Crippen molar-refractivity contribution >= 4 is 17.7 Å². The lowest BCUT2D eigenvalue weighted by Crippen LogP contribution is -2.46. The number of nitrogens with one attached hydrogen (secondary N) is 1. The molecule has 16 heavy (non-hydrogen) atoms. The van der Waals surface area contributed by atoms with Crippen molar-refractivity contribution in [3.05, 3.63) is 30.1 Å². The molecule has 0 aromatic carbocycles. The van der Waals surface area contributed by atoms with Gasteiger partial charge in [-0.3, -0.25) is 9.78 Å². The lowest BCUT2D eigenvalue weighted by Gasteiger charge is -2.25. The minimum absolute atomic E-state index is 0.249. The number of aliphatic hydroxyl groups is 1. The summed E-state index contributed by atoms with van der Waals surface area (Å²) in [5.74, 6) is 0.635. The Morgan fingerprint density at radius 2 is 2.25 bits per heavy atom. The van der Waals surface area contributed by atoms with Gasteiger partial charge in [-0.25, -0.2) is 0 Å². The fourth-order valence-electron chi connectivity index (χ4n) is 1.59. The molecule has 86 valence electrons. The molecule has 1 amide bonds. The van der Waals surface area contributed by atoms with E-state index in [4.69, 9.17) is 0 Å². The molecule has 1 fully saturated rings. The summed E-state index contributed by atoms with van der Waals surface area (Å²) < 4.78 is 0. The van der Waals surface area contributed by atoms with Crippen molar-refractivity contribution in [3.8, 4) is 0 Å². The normalized spacial score (nSPS) is 25.2. The fourth-order valence-corrected chi connectivity index (χ4v) is 2.73. The minimum atomic E-state index is -0.844. The van der Waals surface area contributed by atoms with Crippen LogP contribution in [-0.4, -0.2) is 33.9 Å². The van der Waals surface area contributed by atoms with E-state index in [9.17, 15) is 9.90 Å². The van der Waals surface area contributed by atoms with Gasteiger partial charge in [-0.15, -0.1) is 0 Å². The van der Waals surface area contributed by atoms with E-state index in [0.29, 0.717) is 18.2 Å². The summed E-state index contributed by atoms with van der Waals surface area (Å²) in [7, 11) is 0. The first-order chi connectivity index (χ1) is 7.75. The van der Waals surface area contributed by atoms with Gasteiger partial charge < -0.3 is 10.4 Å². The Bertz CT molecular complexity index is 358. The number of amides is 1.